The van der Waals surface area contributed by atoms with Crippen LogP contribution in [0.5, 0.6) is 0 Å². The van der Waals surface area contributed by atoms with Crippen LogP contribution in [0.25, 0.3) is 0 Å². The lowest BCUT2D eigenvalue weighted by molar-refractivity contribution is 0.0496. The molecule has 3 nitrogen and oxygen atoms in total. The normalized spacial score (nSPS) is 10.6. The fourth-order valence-corrected chi connectivity index (χ4v) is 1.82. The number of anilines is 1. The van der Waals surface area contributed by atoms with Gasteiger partial charge in [-0.3, -0.25) is 0 Å². The van der Waals surface area contributed by atoms with Crippen molar-refractivity contribution in [3.8, 4) is 0 Å². The van der Waals surface area contributed by atoms with E-state index in [1.807, 2.05) is 0 Å². The molecule has 2 N–H and O–H groups in total. The molecule has 0 saturated carbocycles. The number of ether oxygens (including phenoxy) is 1. The van der Waals surface area contributed by atoms with Crippen LogP contribution in [0, 0.1) is 5.92 Å². The van der Waals surface area contributed by atoms with Crippen molar-refractivity contribution in [1.29, 1.82) is 0 Å². The Morgan fingerprint density at radius 2 is 2.18 bits per heavy atom. The van der Waals surface area contributed by atoms with E-state index >= 15 is 0 Å². The number of nitrogens with two attached hydrogens (primary N) is 1. The molecule has 0 unspecified atom stereocenters. The molecule has 0 aromatic heterocycles. The van der Waals surface area contributed by atoms with Gasteiger partial charge in [0.05, 0.1) is 17.9 Å². The average molecular weight is 300 g/mol. The third-order valence-corrected chi connectivity index (χ3v) is 3.12. The number of benzene rings is 1. The van der Waals surface area contributed by atoms with Crippen molar-refractivity contribution in [2.24, 2.45) is 5.92 Å². The minimum Gasteiger partial charge on any atom is -0.462 e. The van der Waals surface area contributed by atoms with Crippen LogP contribution in [-0.4, -0.2) is 12.6 Å². The van der Waals surface area contributed by atoms with E-state index in [-0.39, 0.29) is 5.97 Å². The summed E-state index contributed by atoms with van der Waals surface area (Å²) in [5.41, 5.74) is 6.64. The lowest BCUT2D eigenvalue weighted by atomic mass is 10.1. The predicted molar refractivity (Wildman–Crippen MR) is 72.9 cm³/mol. The lowest BCUT2D eigenvalue weighted by Crippen LogP contribution is -2.10. The minimum atomic E-state index is -0.354. The number of halogens is 1. The molecule has 94 valence electrons. The molecule has 4 heteroatoms. The third-order valence-electron chi connectivity index (χ3n) is 2.43. The summed E-state index contributed by atoms with van der Waals surface area (Å²) in [6.45, 7) is 4.74. The zero-order valence-electron chi connectivity index (χ0n) is 10.2. The zero-order valence-corrected chi connectivity index (χ0v) is 11.8. The molecule has 0 aliphatic heterocycles. The van der Waals surface area contributed by atoms with Gasteiger partial charge in [0.15, 0.2) is 0 Å². The van der Waals surface area contributed by atoms with Crippen molar-refractivity contribution in [3.05, 3.63) is 28.2 Å². The number of carbonyl (C=O) groups excluding carboxylic acids is 1. The summed E-state index contributed by atoms with van der Waals surface area (Å²) < 4.78 is 5.89. The smallest absolute Gasteiger partial charge is 0.340 e. The number of para-hydroxylation sites is 1. The summed E-state index contributed by atoms with van der Waals surface area (Å²) in [6.07, 6.45) is 1.94. The number of carbonyl (C=O) groups is 1. The Morgan fingerprint density at radius 1 is 1.47 bits per heavy atom. The van der Waals surface area contributed by atoms with Gasteiger partial charge in [-0.1, -0.05) is 19.9 Å². The van der Waals surface area contributed by atoms with Gasteiger partial charge in [0.25, 0.3) is 0 Å². The molecule has 0 fully saturated rings. The van der Waals surface area contributed by atoms with Crippen molar-refractivity contribution in [3.63, 3.8) is 0 Å². The molecular formula is C13H18BrNO2. The Balaban J connectivity index is 2.50. The molecule has 0 bridgehead atoms. The van der Waals surface area contributed by atoms with Crippen molar-refractivity contribution in [2.75, 3.05) is 12.3 Å². The second-order valence-corrected chi connectivity index (χ2v) is 5.23. The van der Waals surface area contributed by atoms with Crippen LogP contribution in [0.1, 0.15) is 37.0 Å². The van der Waals surface area contributed by atoms with Crippen LogP contribution in [0.2, 0.25) is 0 Å². The molecule has 0 atom stereocenters. The van der Waals surface area contributed by atoms with E-state index in [0.29, 0.717) is 28.2 Å². The number of nitrogen functional groups attached to an aromatic ring is 1. The Kier molecular flexibility index (Phi) is 5.48. The standard InChI is InChI=1S/C13H18BrNO2/c1-9(2)5-4-8-17-13(16)10-6-3-7-11(14)12(10)15/h3,6-7,9H,4-5,8,15H2,1-2H3. The zero-order chi connectivity index (χ0) is 12.8. The van der Waals surface area contributed by atoms with Crippen molar-refractivity contribution in [1.82, 2.24) is 0 Å². The van der Waals surface area contributed by atoms with E-state index in [1.54, 1.807) is 18.2 Å². The van der Waals surface area contributed by atoms with Crippen molar-refractivity contribution >= 4 is 27.6 Å². The van der Waals surface area contributed by atoms with Gasteiger partial charge in [-0.2, -0.15) is 0 Å². The van der Waals surface area contributed by atoms with E-state index in [0.717, 1.165) is 12.8 Å². The van der Waals surface area contributed by atoms with Gasteiger partial charge in [-0.05, 0) is 46.8 Å². The van der Waals surface area contributed by atoms with Gasteiger partial charge in [0.1, 0.15) is 0 Å². The summed E-state index contributed by atoms with van der Waals surface area (Å²) in [7, 11) is 0. The first-order valence-electron chi connectivity index (χ1n) is 5.73. The van der Waals surface area contributed by atoms with Crippen LogP contribution < -0.4 is 5.73 Å². The highest BCUT2D eigenvalue weighted by molar-refractivity contribution is 9.10. The maximum Gasteiger partial charge on any atom is 0.340 e. The topological polar surface area (TPSA) is 52.3 Å². The quantitative estimate of drug-likeness (QED) is 0.513. The fraction of sp³-hybridized carbons (Fsp3) is 0.462. The second kappa shape index (κ2) is 6.64. The molecule has 0 radical (unpaired) electrons. The molecule has 1 aromatic rings. The highest BCUT2D eigenvalue weighted by atomic mass is 79.9. The maximum absolute atomic E-state index is 11.7. The Morgan fingerprint density at radius 3 is 2.82 bits per heavy atom. The first kappa shape index (κ1) is 14.0. The highest BCUT2D eigenvalue weighted by Gasteiger charge is 2.12. The van der Waals surface area contributed by atoms with Gasteiger partial charge >= 0.3 is 5.97 Å². The molecule has 0 aliphatic rings. The number of hydrogen-bond acceptors (Lipinski definition) is 3. The SMILES string of the molecule is CC(C)CCCOC(=O)c1cccc(Br)c1N. The third kappa shape index (κ3) is 4.38. The molecule has 1 aromatic carbocycles. The summed E-state index contributed by atoms with van der Waals surface area (Å²) in [6, 6.07) is 5.24. The Bertz CT molecular complexity index is 391. The molecular weight excluding hydrogens is 282 g/mol. The number of hydrogen-bond donors (Lipinski definition) is 1. The van der Waals surface area contributed by atoms with Crippen molar-refractivity contribution in [2.45, 2.75) is 26.7 Å². The monoisotopic (exact) mass is 299 g/mol. The molecule has 0 saturated heterocycles. The van der Waals surface area contributed by atoms with E-state index in [4.69, 9.17) is 10.5 Å². The summed E-state index contributed by atoms with van der Waals surface area (Å²) in [5, 5.41) is 0. The van der Waals surface area contributed by atoms with Gasteiger partial charge in [0.2, 0.25) is 0 Å². The minimum absolute atomic E-state index is 0.354. The van der Waals surface area contributed by atoms with Gasteiger partial charge in [0, 0.05) is 4.47 Å². The summed E-state index contributed by atoms with van der Waals surface area (Å²) in [5.74, 6) is 0.275. The first-order chi connectivity index (χ1) is 8.02. The second-order valence-electron chi connectivity index (χ2n) is 4.37. The van der Waals surface area contributed by atoms with E-state index in [1.165, 1.54) is 0 Å². The van der Waals surface area contributed by atoms with Gasteiger partial charge < -0.3 is 10.5 Å². The van der Waals surface area contributed by atoms with Crippen LogP contribution in [0.4, 0.5) is 5.69 Å². The predicted octanol–water partition coefficient (Wildman–Crippen LogP) is 3.62. The molecule has 17 heavy (non-hydrogen) atoms. The molecule has 1 rings (SSSR count). The molecule has 0 heterocycles. The molecule has 0 aliphatic carbocycles. The van der Waals surface area contributed by atoms with Gasteiger partial charge in [-0.15, -0.1) is 0 Å². The first-order valence-corrected chi connectivity index (χ1v) is 6.52. The summed E-state index contributed by atoms with van der Waals surface area (Å²) >= 11 is 3.28. The lowest BCUT2D eigenvalue weighted by Gasteiger charge is -2.08. The Labute approximate surface area is 110 Å². The summed E-state index contributed by atoms with van der Waals surface area (Å²) in [4.78, 5) is 11.7. The van der Waals surface area contributed by atoms with Gasteiger partial charge in [-0.25, -0.2) is 4.79 Å². The van der Waals surface area contributed by atoms with Crippen molar-refractivity contribution < 1.29 is 9.53 Å². The largest absolute Gasteiger partial charge is 0.462 e. The Hall–Kier alpha value is -1.03. The molecule has 0 amide bonds. The maximum atomic E-state index is 11.7. The highest BCUT2D eigenvalue weighted by Crippen LogP contribution is 2.23. The van der Waals surface area contributed by atoms with E-state index in [9.17, 15) is 4.79 Å². The number of esters is 1. The van der Waals surface area contributed by atoms with Crippen LogP contribution >= 0.6 is 15.9 Å². The average Bonchev–Trinajstić information content (AvgIpc) is 2.27. The van der Waals surface area contributed by atoms with Crippen LogP contribution in [0.3, 0.4) is 0 Å². The van der Waals surface area contributed by atoms with E-state index < -0.39 is 0 Å². The van der Waals surface area contributed by atoms with E-state index in [2.05, 4.69) is 29.8 Å². The van der Waals surface area contributed by atoms with Crippen LogP contribution in [-0.2, 0) is 4.74 Å². The number of rotatable bonds is 5. The molecule has 0 spiro atoms. The van der Waals surface area contributed by atoms with Crippen LogP contribution in [0.15, 0.2) is 22.7 Å². The fourth-order valence-electron chi connectivity index (χ4n) is 1.45.